The number of ether oxygens (including phenoxy) is 1. The van der Waals surface area contributed by atoms with Gasteiger partial charge in [0.25, 0.3) is 11.5 Å². The van der Waals surface area contributed by atoms with Crippen LogP contribution >= 0.6 is 11.6 Å². The van der Waals surface area contributed by atoms with Crippen LogP contribution in [0.1, 0.15) is 120 Å². The van der Waals surface area contributed by atoms with Crippen LogP contribution in [0, 0.1) is 5.41 Å². The molecule has 0 bridgehead atoms. The third-order valence-electron chi connectivity index (χ3n) is 14.4. The van der Waals surface area contributed by atoms with Gasteiger partial charge in [-0.3, -0.25) is 43.2 Å². The Bertz CT molecular complexity index is 2650. The lowest BCUT2D eigenvalue weighted by Gasteiger charge is -2.38. The van der Waals surface area contributed by atoms with Crippen LogP contribution in [0.5, 0.6) is 0 Å². The standard InChI is InChI=1S/C53H72ClN9O8/c1-6-44(64)55-23-18-52(4,5)71-30-21-51(2,3)50(69)62-28-26-60(27-29-62)33-45(65)58-37-15-17-40-42(32-37)57-35-63(49(40)68)34-53(70)19-24-61(25-20-53)46(66)13-9-10-22-56-48(67)36-14-16-39-43(31-36)59-41-12-8-7-11-38(41)47(39)54/h14-17,31-32,35,70H,6-13,18-30,33-34H2,1-5H3,(H,55,64)(H,56,67)(H,58,65). The number of nitrogens with one attached hydrogen (secondary N) is 3. The van der Waals surface area contributed by atoms with E-state index in [9.17, 15) is 33.9 Å². The van der Waals surface area contributed by atoms with Gasteiger partial charge in [-0.15, -0.1) is 0 Å². The normalized spacial score (nSPS) is 16.4. The zero-order valence-corrected chi connectivity index (χ0v) is 42.9. The molecule has 7 rings (SSSR count). The number of piperazine rings is 1. The number of unbranched alkanes of at least 4 members (excludes halogenated alkanes) is 1. The zero-order chi connectivity index (χ0) is 50.9. The van der Waals surface area contributed by atoms with Gasteiger partial charge in [-0.2, -0.15) is 0 Å². The van der Waals surface area contributed by atoms with Gasteiger partial charge in [0, 0.05) is 99.6 Å². The maximum atomic E-state index is 13.6. The Morgan fingerprint density at radius 3 is 2.31 bits per heavy atom. The summed E-state index contributed by atoms with van der Waals surface area (Å²) in [4.78, 5) is 92.8. The first-order valence-corrected chi connectivity index (χ1v) is 25.8. The van der Waals surface area contributed by atoms with Crippen LogP contribution in [0.25, 0.3) is 21.8 Å². The number of amides is 5. The minimum Gasteiger partial charge on any atom is -0.388 e. The monoisotopic (exact) mass is 998 g/mol. The predicted molar refractivity (Wildman–Crippen MR) is 274 cm³/mol. The van der Waals surface area contributed by atoms with E-state index in [-0.39, 0.29) is 48.2 Å². The number of nitrogens with zero attached hydrogens (tertiary/aromatic N) is 6. The molecule has 0 radical (unpaired) electrons. The first-order chi connectivity index (χ1) is 33.8. The largest absolute Gasteiger partial charge is 0.388 e. The van der Waals surface area contributed by atoms with E-state index in [1.807, 2.05) is 50.5 Å². The molecular formula is C53H72ClN9O8. The van der Waals surface area contributed by atoms with Crippen molar-refractivity contribution in [2.75, 3.05) is 70.8 Å². The molecule has 5 amide bonds. The Morgan fingerprint density at radius 2 is 1.56 bits per heavy atom. The van der Waals surface area contributed by atoms with Crippen molar-refractivity contribution in [2.45, 2.75) is 129 Å². The van der Waals surface area contributed by atoms with E-state index in [2.05, 4.69) is 20.9 Å². The van der Waals surface area contributed by atoms with Crippen molar-refractivity contribution in [1.82, 2.24) is 39.9 Å². The minimum absolute atomic E-state index is 0.00718. The Kier molecular flexibility index (Phi) is 17.6. The second kappa shape index (κ2) is 23.4. The third kappa shape index (κ3) is 13.9. The summed E-state index contributed by atoms with van der Waals surface area (Å²) in [5.41, 5.74) is 1.74. The molecule has 2 saturated heterocycles. The molecule has 2 aromatic heterocycles. The van der Waals surface area contributed by atoms with Crippen LogP contribution in [-0.4, -0.2) is 141 Å². The predicted octanol–water partition coefficient (Wildman–Crippen LogP) is 5.64. The Balaban J connectivity index is 0.795. The summed E-state index contributed by atoms with van der Waals surface area (Å²) in [6.45, 7) is 14.0. The molecule has 0 unspecified atom stereocenters. The van der Waals surface area contributed by atoms with Crippen molar-refractivity contribution in [1.29, 1.82) is 0 Å². The number of halogens is 1. The average molecular weight is 999 g/mol. The fraction of sp³-hybridized carbons (Fsp3) is 0.585. The first-order valence-electron chi connectivity index (χ1n) is 25.4. The number of aliphatic hydroxyl groups is 1. The quantitative estimate of drug-likeness (QED) is 0.0797. The third-order valence-corrected chi connectivity index (χ3v) is 14.8. The SMILES string of the molecule is CCC(=O)NCCC(C)(C)OCCC(C)(C)C(=O)N1CCN(CC(=O)Nc2ccc3c(=O)n(CC4(O)CCN(C(=O)CCCCNC(=O)c5ccc6c(Cl)c7c(nc6c5)CCCC7)CC4)cnc3c2)CC1. The topological polar surface area (TPSA) is 208 Å². The fourth-order valence-electron chi connectivity index (χ4n) is 9.70. The molecule has 2 aliphatic heterocycles. The molecule has 17 nitrogen and oxygen atoms in total. The van der Waals surface area contributed by atoms with Gasteiger partial charge in [-0.1, -0.05) is 38.4 Å². The van der Waals surface area contributed by atoms with Gasteiger partial charge in [-0.25, -0.2) is 4.98 Å². The van der Waals surface area contributed by atoms with Gasteiger partial charge in [-0.05, 0) is 114 Å². The maximum absolute atomic E-state index is 13.6. The number of pyridine rings is 1. The smallest absolute Gasteiger partial charge is 0.261 e. The van der Waals surface area contributed by atoms with Crippen molar-refractivity contribution >= 4 is 68.6 Å². The second-order valence-electron chi connectivity index (χ2n) is 20.8. The molecule has 0 atom stereocenters. The molecule has 4 aromatic rings. The summed E-state index contributed by atoms with van der Waals surface area (Å²) in [5.74, 6) is -0.358. The van der Waals surface area contributed by atoms with Crippen molar-refractivity contribution in [3.63, 3.8) is 0 Å². The van der Waals surface area contributed by atoms with E-state index in [4.69, 9.17) is 21.3 Å². The molecule has 3 aliphatic rings. The highest BCUT2D eigenvalue weighted by atomic mass is 35.5. The summed E-state index contributed by atoms with van der Waals surface area (Å²) in [5, 5.41) is 22.2. The summed E-state index contributed by atoms with van der Waals surface area (Å²) in [6.07, 6.45) is 9.28. The van der Waals surface area contributed by atoms with Gasteiger partial charge in [0.2, 0.25) is 23.6 Å². The molecule has 0 spiro atoms. The lowest BCUT2D eigenvalue weighted by molar-refractivity contribution is -0.144. The number of hydrogen-bond acceptors (Lipinski definition) is 11. The number of piperidine rings is 1. The summed E-state index contributed by atoms with van der Waals surface area (Å²) < 4.78 is 7.52. The van der Waals surface area contributed by atoms with E-state index in [0.717, 1.165) is 52.9 Å². The summed E-state index contributed by atoms with van der Waals surface area (Å²) >= 11 is 6.71. The van der Waals surface area contributed by atoms with Crippen molar-refractivity contribution in [3.8, 4) is 0 Å². The lowest BCUT2D eigenvalue weighted by atomic mass is 9.87. The van der Waals surface area contributed by atoms with Gasteiger partial charge in [0.05, 0.1) is 52.1 Å². The average Bonchev–Trinajstić information content (AvgIpc) is 3.34. The molecule has 71 heavy (non-hydrogen) atoms. The van der Waals surface area contributed by atoms with E-state index in [0.29, 0.717) is 132 Å². The van der Waals surface area contributed by atoms with E-state index >= 15 is 0 Å². The number of likely N-dealkylation sites (tertiary alicyclic amines) is 1. The molecule has 4 N–H and O–H groups in total. The van der Waals surface area contributed by atoms with Crippen LogP contribution in [0.15, 0.2) is 47.5 Å². The van der Waals surface area contributed by atoms with Crippen molar-refractivity contribution in [3.05, 3.63) is 74.9 Å². The lowest BCUT2D eigenvalue weighted by Crippen LogP contribution is -2.53. The van der Waals surface area contributed by atoms with E-state index in [1.54, 1.807) is 35.2 Å². The number of aryl methyl sites for hydroxylation is 1. The number of hydrogen-bond donors (Lipinski definition) is 4. The molecule has 18 heteroatoms. The molecule has 384 valence electrons. The highest BCUT2D eigenvalue weighted by Crippen LogP contribution is 2.33. The number of benzene rings is 2. The van der Waals surface area contributed by atoms with E-state index in [1.165, 1.54) is 10.9 Å². The summed E-state index contributed by atoms with van der Waals surface area (Å²) in [6, 6.07) is 10.4. The van der Waals surface area contributed by atoms with Crippen LogP contribution in [-0.2, 0) is 43.3 Å². The Hall–Kier alpha value is -5.49. The number of fused-ring (bicyclic) bond motifs is 3. The first kappa shape index (κ1) is 53.3. The highest BCUT2D eigenvalue weighted by Gasteiger charge is 2.36. The zero-order valence-electron chi connectivity index (χ0n) is 42.2. The van der Waals surface area contributed by atoms with Crippen molar-refractivity contribution in [2.24, 2.45) is 5.41 Å². The molecular weight excluding hydrogens is 926 g/mol. The minimum atomic E-state index is -1.20. The maximum Gasteiger partial charge on any atom is 0.261 e. The fourth-order valence-corrected chi connectivity index (χ4v) is 10.1. The molecule has 2 aromatic carbocycles. The number of rotatable bonds is 20. The second-order valence-corrected chi connectivity index (χ2v) is 21.2. The van der Waals surface area contributed by atoms with Gasteiger partial charge >= 0.3 is 0 Å². The van der Waals surface area contributed by atoms with Crippen LogP contribution in [0.2, 0.25) is 5.02 Å². The number of anilines is 1. The van der Waals surface area contributed by atoms with E-state index < -0.39 is 16.6 Å². The van der Waals surface area contributed by atoms with Crippen molar-refractivity contribution < 1.29 is 33.8 Å². The van der Waals surface area contributed by atoms with Crippen LogP contribution in [0.3, 0.4) is 0 Å². The summed E-state index contributed by atoms with van der Waals surface area (Å²) in [7, 11) is 0. The molecule has 2 fully saturated rings. The number of aromatic nitrogens is 3. The highest BCUT2D eigenvalue weighted by molar-refractivity contribution is 6.36. The molecule has 4 heterocycles. The van der Waals surface area contributed by atoms with Gasteiger partial charge < -0.3 is 35.6 Å². The molecule has 0 saturated carbocycles. The Morgan fingerprint density at radius 1 is 0.831 bits per heavy atom. The molecule has 1 aliphatic carbocycles. The van der Waals surface area contributed by atoms with Gasteiger partial charge in [0.15, 0.2) is 0 Å². The Labute approximate surface area is 421 Å². The van der Waals surface area contributed by atoms with Crippen LogP contribution in [0.4, 0.5) is 5.69 Å². The number of carbonyl (C=O) groups excluding carboxylic acids is 5. The number of carbonyl (C=O) groups is 5. The van der Waals surface area contributed by atoms with Gasteiger partial charge in [0.1, 0.15) is 0 Å². The van der Waals surface area contributed by atoms with Crippen LogP contribution < -0.4 is 21.5 Å².